The number of carbonyl (C=O) groups excluding carboxylic acids is 2. The van der Waals surface area contributed by atoms with Gasteiger partial charge in [0.05, 0.1) is 0 Å². The van der Waals surface area contributed by atoms with Crippen molar-refractivity contribution in [3.8, 4) is 0 Å². The van der Waals surface area contributed by atoms with Crippen molar-refractivity contribution >= 4 is 17.8 Å². The van der Waals surface area contributed by atoms with Crippen molar-refractivity contribution in [1.82, 2.24) is 10.2 Å². The Morgan fingerprint density at radius 1 is 1.16 bits per heavy atom. The van der Waals surface area contributed by atoms with Crippen molar-refractivity contribution in [3.05, 3.63) is 35.6 Å². The second kappa shape index (κ2) is 9.15. The molecule has 1 aromatic rings. The molecule has 0 aliphatic rings. The molecule has 0 unspecified atom stereocenters. The number of carbonyl (C=O) groups is 3. The monoisotopic (exact) mass is 352 g/mol. The van der Waals surface area contributed by atoms with Crippen LogP contribution in [-0.4, -0.2) is 40.9 Å². The van der Waals surface area contributed by atoms with Gasteiger partial charge < -0.3 is 15.3 Å². The van der Waals surface area contributed by atoms with Crippen LogP contribution in [0.15, 0.2) is 24.3 Å². The number of carboxylic acid groups (broad SMARTS) is 1. The summed E-state index contributed by atoms with van der Waals surface area (Å²) in [6.07, 6.45) is 0.541. The summed E-state index contributed by atoms with van der Waals surface area (Å²) in [6.45, 7) is 5.41. The van der Waals surface area contributed by atoms with E-state index in [9.17, 15) is 18.8 Å². The third kappa shape index (κ3) is 7.78. The van der Waals surface area contributed by atoms with Crippen LogP contribution in [0.1, 0.15) is 39.2 Å². The van der Waals surface area contributed by atoms with Gasteiger partial charge in [-0.05, 0) is 24.1 Å². The molecule has 6 nitrogen and oxygen atoms in total. The standard InChI is InChI=1S/C18H25FN2O4/c1-18(2,3)17(25)20-10-4-5-15(22)21(12-16(23)24)11-13-6-8-14(19)9-7-13/h6-9H,4-5,10-12H2,1-3H3,(H,20,25)(H,23,24). The molecule has 0 aromatic heterocycles. The average Bonchev–Trinajstić information content (AvgIpc) is 2.51. The van der Waals surface area contributed by atoms with Crippen molar-refractivity contribution in [2.75, 3.05) is 13.1 Å². The van der Waals surface area contributed by atoms with E-state index in [0.29, 0.717) is 18.5 Å². The van der Waals surface area contributed by atoms with Crippen molar-refractivity contribution in [2.45, 2.75) is 40.2 Å². The number of nitrogens with one attached hydrogen (secondary N) is 1. The largest absolute Gasteiger partial charge is 0.480 e. The highest BCUT2D eigenvalue weighted by Gasteiger charge is 2.21. The molecule has 1 rings (SSSR count). The zero-order chi connectivity index (χ0) is 19.0. The van der Waals surface area contributed by atoms with Gasteiger partial charge in [-0.3, -0.25) is 14.4 Å². The van der Waals surface area contributed by atoms with Gasteiger partial charge in [0.2, 0.25) is 11.8 Å². The number of carboxylic acids is 1. The van der Waals surface area contributed by atoms with E-state index < -0.39 is 23.7 Å². The highest BCUT2D eigenvalue weighted by molar-refractivity contribution is 5.82. The van der Waals surface area contributed by atoms with Crippen molar-refractivity contribution in [3.63, 3.8) is 0 Å². The Hall–Kier alpha value is -2.44. The Morgan fingerprint density at radius 2 is 1.76 bits per heavy atom. The zero-order valence-corrected chi connectivity index (χ0v) is 14.8. The first-order valence-corrected chi connectivity index (χ1v) is 8.12. The number of nitrogens with zero attached hydrogens (tertiary/aromatic N) is 1. The molecule has 0 atom stereocenters. The summed E-state index contributed by atoms with van der Waals surface area (Å²) in [6, 6.07) is 5.56. The molecule has 0 bridgehead atoms. The van der Waals surface area contributed by atoms with Gasteiger partial charge in [-0.1, -0.05) is 32.9 Å². The quantitative estimate of drug-likeness (QED) is 0.702. The summed E-state index contributed by atoms with van der Waals surface area (Å²) in [4.78, 5) is 36.2. The number of benzene rings is 1. The van der Waals surface area contributed by atoms with Gasteiger partial charge in [-0.25, -0.2) is 4.39 Å². The highest BCUT2D eigenvalue weighted by Crippen LogP contribution is 2.12. The van der Waals surface area contributed by atoms with Gasteiger partial charge in [-0.15, -0.1) is 0 Å². The Kier molecular flexibility index (Phi) is 7.54. The van der Waals surface area contributed by atoms with Gasteiger partial charge in [0.25, 0.3) is 0 Å². The third-order valence-electron chi connectivity index (χ3n) is 3.50. The first-order chi connectivity index (χ1) is 11.6. The number of rotatable bonds is 8. The van der Waals surface area contributed by atoms with Gasteiger partial charge in [0.1, 0.15) is 12.4 Å². The molecule has 0 spiro atoms. The molecular weight excluding hydrogens is 327 g/mol. The molecule has 0 aliphatic heterocycles. The van der Waals surface area contributed by atoms with E-state index in [1.807, 2.05) is 0 Å². The molecule has 7 heteroatoms. The number of amides is 2. The van der Waals surface area contributed by atoms with E-state index in [1.54, 1.807) is 20.8 Å². The summed E-state index contributed by atoms with van der Waals surface area (Å²) in [5.74, 6) is -1.93. The molecule has 2 amide bonds. The van der Waals surface area contributed by atoms with E-state index in [2.05, 4.69) is 5.32 Å². The van der Waals surface area contributed by atoms with Crippen LogP contribution < -0.4 is 5.32 Å². The van der Waals surface area contributed by atoms with E-state index in [1.165, 1.54) is 29.2 Å². The number of hydrogen-bond donors (Lipinski definition) is 2. The van der Waals surface area contributed by atoms with Crippen molar-refractivity contribution < 1.29 is 23.9 Å². The second-order valence-electron chi connectivity index (χ2n) is 6.88. The molecule has 0 aliphatic carbocycles. The summed E-state index contributed by atoms with van der Waals surface area (Å²) in [5.41, 5.74) is 0.152. The Morgan fingerprint density at radius 3 is 2.28 bits per heavy atom. The molecule has 138 valence electrons. The predicted octanol–water partition coefficient (Wildman–Crippen LogP) is 2.18. The Bertz CT molecular complexity index is 608. The summed E-state index contributed by atoms with van der Waals surface area (Å²) < 4.78 is 12.9. The molecule has 2 N–H and O–H groups in total. The molecule has 0 heterocycles. The third-order valence-corrected chi connectivity index (χ3v) is 3.50. The normalized spacial score (nSPS) is 11.0. The summed E-state index contributed by atoms with van der Waals surface area (Å²) in [5, 5.41) is 11.7. The lowest BCUT2D eigenvalue weighted by atomic mass is 9.96. The minimum Gasteiger partial charge on any atom is -0.480 e. The van der Waals surface area contributed by atoms with E-state index in [4.69, 9.17) is 5.11 Å². The maximum Gasteiger partial charge on any atom is 0.323 e. The van der Waals surface area contributed by atoms with E-state index >= 15 is 0 Å². The van der Waals surface area contributed by atoms with E-state index in [-0.39, 0.29) is 24.8 Å². The van der Waals surface area contributed by atoms with Crippen LogP contribution in [0.25, 0.3) is 0 Å². The van der Waals surface area contributed by atoms with Crippen LogP contribution in [0, 0.1) is 11.2 Å². The predicted molar refractivity (Wildman–Crippen MR) is 91.2 cm³/mol. The fourth-order valence-electron chi connectivity index (χ4n) is 2.07. The maximum absolute atomic E-state index is 12.9. The summed E-state index contributed by atoms with van der Waals surface area (Å²) >= 11 is 0. The average molecular weight is 352 g/mol. The van der Waals surface area contributed by atoms with Gasteiger partial charge in [-0.2, -0.15) is 0 Å². The van der Waals surface area contributed by atoms with Crippen LogP contribution in [0.4, 0.5) is 4.39 Å². The second-order valence-corrected chi connectivity index (χ2v) is 6.88. The van der Waals surface area contributed by atoms with Crippen LogP contribution in [0.3, 0.4) is 0 Å². The molecule has 0 fully saturated rings. The SMILES string of the molecule is CC(C)(C)C(=O)NCCCC(=O)N(CC(=O)O)Cc1ccc(F)cc1. The topological polar surface area (TPSA) is 86.7 Å². The summed E-state index contributed by atoms with van der Waals surface area (Å²) in [7, 11) is 0. The van der Waals surface area contributed by atoms with Crippen LogP contribution in [-0.2, 0) is 20.9 Å². The first-order valence-electron chi connectivity index (χ1n) is 8.12. The Labute approximate surface area is 147 Å². The van der Waals surface area contributed by atoms with Crippen molar-refractivity contribution in [2.24, 2.45) is 5.41 Å². The Balaban J connectivity index is 2.54. The molecular formula is C18H25FN2O4. The first kappa shape index (κ1) is 20.6. The maximum atomic E-state index is 12.9. The van der Waals surface area contributed by atoms with Gasteiger partial charge in [0.15, 0.2) is 0 Å². The van der Waals surface area contributed by atoms with Crippen molar-refractivity contribution in [1.29, 1.82) is 0 Å². The lowest BCUT2D eigenvalue weighted by Gasteiger charge is -2.21. The number of halogens is 1. The minimum absolute atomic E-state index is 0.0970. The molecule has 0 saturated heterocycles. The molecule has 0 saturated carbocycles. The molecule has 25 heavy (non-hydrogen) atoms. The lowest BCUT2D eigenvalue weighted by molar-refractivity contribution is -0.144. The fraction of sp³-hybridized carbons (Fsp3) is 0.500. The molecule has 1 aromatic carbocycles. The number of aliphatic carboxylic acids is 1. The minimum atomic E-state index is -1.11. The van der Waals surface area contributed by atoms with Gasteiger partial charge in [0, 0.05) is 24.9 Å². The van der Waals surface area contributed by atoms with Crippen LogP contribution in [0.2, 0.25) is 0 Å². The lowest BCUT2D eigenvalue weighted by Crippen LogP contribution is -2.37. The van der Waals surface area contributed by atoms with Crippen LogP contribution >= 0.6 is 0 Å². The van der Waals surface area contributed by atoms with Gasteiger partial charge >= 0.3 is 5.97 Å². The number of hydrogen-bond acceptors (Lipinski definition) is 3. The zero-order valence-electron chi connectivity index (χ0n) is 14.8. The van der Waals surface area contributed by atoms with Crippen LogP contribution in [0.5, 0.6) is 0 Å². The highest BCUT2D eigenvalue weighted by atomic mass is 19.1. The smallest absolute Gasteiger partial charge is 0.323 e. The van der Waals surface area contributed by atoms with E-state index in [0.717, 1.165) is 0 Å². The molecule has 0 radical (unpaired) electrons. The fourth-order valence-corrected chi connectivity index (χ4v) is 2.07.